The highest BCUT2D eigenvalue weighted by Crippen LogP contribution is 2.46. The van der Waals surface area contributed by atoms with Gasteiger partial charge < -0.3 is 5.11 Å². The van der Waals surface area contributed by atoms with E-state index in [1.54, 1.807) is 0 Å². The van der Waals surface area contributed by atoms with Crippen molar-refractivity contribution >= 4 is 0 Å². The van der Waals surface area contributed by atoms with Gasteiger partial charge in [-0.25, -0.2) is 0 Å². The molecule has 0 aromatic heterocycles. The lowest BCUT2D eigenvalue weighted by Crippen LogP contribution is -2.38. The molecule has 1 nitrogen and oxygen atoms in total. The maximum atomic E-state index is 9.92. The molecular formula is C11H18O. The molecule has 1 saturated carbocycles. The van der Waals surface area contributed by atoms with Crippen LogP contribution in [0.2, 0.25) is 0 Å². The van der Waals surface area contributed by atoms with E-state index in [-0.39, 0.29) is 11.5 Å². The first-order valence-corrected chi connectivity index (χ1v) is 5.11. The highest BCUT2D eigenvalue weighted by molar-refractivity contribution is 5.20. The third-order valence-electron chi connectivity index (χ3n) is 3.69. The maximum Gasteiger partial charge on any atom is 0.0633 e. The number of rotatable bonds is 0. The Hall–Kier alpha value is -0.300. The zero-order chi connectivity index (χ0) is 8.60. The predicted molar refractivity (Wildman–Crippen MR) is 49.9 cm³/mol. The van der Waals surface area contributed by atoms with Crippen LogP contribution in [0.5, 0.6) is 0 Å². The van der Waals surface area contributed by atoms with Crippen molar-refractivity contribution in [3.05, 3.63) is 11.6 Å². The first kappa shape index (κ1) is 8.31. The van der Waals surface area contributed by atoms with Crippen molar-refractivity contribution in [3.8, 4) is 0 Å². The van der Waals surface area contributed by atoms with Gasteiger partial charge in [-0.1, -0.05) is 25.0 Å². The Morgan fingerprint density at radius 1 is 1.50 bits per heavy atom. The fraction of sp³-hybridized carbons (Fsp3) is 0.818. The van der Waals surface area contributed by atoms with Crippen molar-refractivity contribution in [2.45, 2.75) is 51.6 Å². The van der Waals surface area contributed by atoms with E-state index < -0.39 is 0 Å². The van der Waals surface area contributed by atoms with E-state index in [9.17, 15) is 5.11 Å². The minimum Gasteiger partial charge on any atom is -0.392 e. The van der Waals surface area contributed by atoms with Gasteiger partial charge in [-0.3, -0.25) is 0 Å². The van der Waals surface area contributed by atoms with Crippen LogP contribution in [0.3, 0.4) is 0 Å². The van der Waals surface area contributed by atoms with Gasteiger partial charge in [-0.05, 0) is 32.1 Å². The lowest BCUT2D eigenvalue weighted by Gasteiger charge is -2.43. The normalized spacial score (nSPS) is 41.8. The fourth-order valence-electron chi connectivity index (χ4n) is 2.70. The number of aliphatic hydroxyl groups is 1. The van der Waals surface area contributed by atoms with Gasteiger partial charge in [0.25, 0.3) is 0 Å². The number of fused-ring (bicyclic) bond motifs is 1. The molecule has 2 aliphatic rings. The maximum absolute atomic E-state index is 9.92. The molecule has 68 valence electrons. The van der Waals surface area contributed by atoms with Gasteiger partial charge in [-0.15, -0.1) is 0 Å². The molecule has 2 atom stereocenters. The molecule has 12 heavy (non-hydrogen) atoms. The average Bonchev–Trinajstić information content (AvgIpc) is 2.07. The Bertz CT molecular complexity index is 207. The zero-order valence-corrected chi connectivity index (χ0v) is 7.84. The predicted octanol–water partition coefficient (Wildman–Crippen LogP) is 2.65. The molecule has 0 unspecified atom stereocenters. The molecule has 0 spiro atoms. The summed E-state index contributed by atoms with van der Waals surface area (Å²) in [6, 6.07) is 0. The van der Waals surface area contributed by atoms with E-state index in [4.69, 9.17) is 0 Å². The van der Waals surface area contributed by atoms with E-state index in [2.05, 4.69) is 13.0 Å². The topological polar surface area (TPSA) is 20.2 Å². The van der Waals surface area contributed by atoms with Gasteiger partial charge in [-0.2, -0.15) is 0 Å². The van der Waals surface area contributed by atoms with E-state index in [1.165, 1.54) is 31.3 Å². The minimum atomic E-state index is -0.0715. The van der Waals surface area contributed by atoms with E-state index in [0.29, 0.717) is 0 Å². The zero-order valence-electron chi connectivity index (χ0n) is 7.84. The Labute approximate surface area is 74.5 Å². The van der Waals surface area contributed by atoms with Gasteiger partial charge in [0.2, 0.25) is 0 Å². The van der Waals surface area contributed by atoms with Crippen molar-refractivity contribution < 1.29 is 5.11 Å². The van der Waals surface area contributed by atoms with Gasteiger partial charge in [0.1, 0.15) is 0 Å². The van der Waals surface area contributed by atoms with Gasteiger partial charge in [0.05, 0.1) is 6.10 Å². The van der Waals surface area contributed by atoms with E-state index in [1.807, 2.05) is 0 Å². The first-order valence-electron chi connectivity index (χ1n) is 5.11. The highest BCUT2D eigenvalue weighted by Gasteiger charge is 2.39. The van der Waals surface area contributed by atoms with Crippen LogP contribution >= 0.6 is 0 Å². The van der Waals surface area contributed by atoms with Gasteiger partial charge in [0.15, 0.2) is 0 Å². The van der Waals surface area contributed by atoms with Crippen molar-refractivity contribution in [2.75, 3.05) is 0 Å². The van der Waals surface area contributed by atoms with Crippen molar-refractivity contribution in [1.82, 2.24) is 0 Å². The molecule has 1 heteroatoms. The third kappa shape index (κ3) is 1.11. The second-order valence-electron chi connectivity index (χ2n) is 4.45. The highest BCUT2D eigenvalue weighted by atomic mass is 16.3. The largest absolute Gasteiger partial charge is 0.392 e. The lowest BCUT2D eigenvalue weighted by molar-refractivity contribution is 0.0316. The second kappa shape index (κ2) is 2.88. The van der Waals surface area contributed by atoms with Crippen molar-refractivity contribution in [2.24, 2.45) is 5.41 Å². The van der Waals surface area contributed by atoms with Crippen LogP contribution in [-0.2, 0) is 0 Å². The van der Waals surface area contributed by atoms with Crippen LogP contribution in [0.1, 0.15) is 45.4 Å². The molecule has 1 fully saturated rings. The Morgan fingerprint density at radius 2 is 2.33 bits per heavy atom. The summed E-state index contributed by atoms with van der Waals surface area (Å²) in [6.45, 7) is 2.24. The smallest absolute Gasteiger partial charge is 0.0633 e. The molecule has 0 aromatic rings. The number of allylic oxidation sites excluding steroid dienone is 1. The van der Waals surface area contributed by atoms with Crippen LogP contribution < -0.4 is 0 Å². The SMILES string of the molecule is C[C@]12CCCCC1=CCC[C@@H]2O. The summed E-state index contributed by atoms with van der Waals surface area (Å²) in [5.74, 6) is 0. The summed E-state index contributed by atoms with van der Waals surface area (Å²) < 4.78 is 0. The van der Waals surface area contributed by atoms with E-state index >= 15 is 0 Å². The fourth-order valence-corrected chi connectivity index (χ4v) is 2.70. The summed E-state index contributed by atoms with van der Waals surface area (Å²) in [4.78, 5) is 0. The molecule has 2 aliphatic carbocycles. The number of hydrogen-bond acceptors (Lipinski definition) is 1. The van der Waals surface area contributed by atoms with Gasteiger partial charge >= 0.3 is 0 Å². The first-order chi connectivity index (χ1) is 5.73. The minimum absolute atomic E-state index is 0.0715. The molecule has 0 saturated heterocycles. The quantitative estimate of drug-likeness (QED) is 0.548. The second-order valence-corrected chi connectivity index (χ2v) is 4.45. The summed E-state index contributed by atoms with van der Waals surface area (Å²) >= 11 is 0. The molecule has 2 rings (SSSR count). The molecule has 0 aromatic carbocycles. The van der Waals surface area contributed by atoms with Crippen LogP contribution in [0.4, 0.5) is 0 Å². The van der Waals surface area contributed by atoms with Crippen molar-refractivity contribution in [3.63, 3.8) is 0 Å². The summed E-state index contributed by atoms with van der Waals surface area (Å²) in [5.41, 5.74) is 1.68. The van der Waals surface area contributed by atoms with Gasteiger partial charge in [0, 0.05) is 5.41 Å². The summed E-state index contributed by atoms with van der Waals surface area (Å²) in [7, 11) is 0. The van der Waals surface area contributed by atoms with Crippen LogP contribution in [0.15, 0.2) is 11.6 Å². The van der Waals surface area contributed by atoms with Crippen LogP contribution in [-0.4, -0.2) is 11.2 Å². The molecular weight excluding hydrogens is 148 g/mol. The summed E-state index contributed by atoms with van der Waals surface area (Å²) in [6.07, 6.45) is 9.41. The van der Waals surface area contributed by atoms with E-state index in [0.717, 1.165) is 12.8 Å². The molecule has 1 N–H and O–H groups in total. The average molecular weight is 166 g/mol. The third-order valence-corrected chi connectivity index (χ3v) is 3.69. The molecule has 0 amide bonds. The Kier molecular flexibility index (Phi) is 1.99. The lowest BCUT2D eigenvalue weighted by atomic mass is 9.64. The molecule has 0 heterocycles. The Balaban J connectivity index is 2.27. The molecule has 0 aliphatic heterocycles. The van der Waals surface area contributed by atoms with Crippen LogP contribution in [0.25, 0.3) is 0 Å². The summed E-state index contributed by atoms with van der Waals surface area (Å²) in [5, 5.41) is 9.92. The monoisotopic (exact) mass is 166 g/mol. The molecule has 0 bridgehead atoms. The van der Waals surface area contributed by atoms with Crippen LogP contribution in [0, 0.1) is 5.41 Å². The Morgan fingerprint density at radius 3 is 3.08 bits per heavy atom. The number of hydrogen-bond donors (Lipinski definition) is 1. The standard InChI is InChI=1S/C11H18O/c1-11-8-3-2-5-9(11)6-4-7-10(11)12/h6,10,12H,2-5,7-8H2,1H3/t10-,11-/m0/s1. The number of aliphatic hydroxyl groups excluding tert-OH is 1. The molecule has 0 radical (unpaired) electrons. The van der Waals surface area contributed by atoms with Crippen molar-refractivity contribution in [1.29, 1.82) is 0 Å².